The molecule has 2 aromatic rings. The average molecular weight is 428 g/mol. The minimum atomic E-state index is 0.103. The molecule has 8 heteroatoms. The number of thioether (sulfide) groups is 1. The molecule has 1 saturated carbocycles. The van der Waals surface area contributed by atoms with Crippen molar-refractivity contribution in [3.05, 3.63) is 41.7 Å². The Morgan fingerprint density at radius 2 is 1.93 bits per heavy atom. The van der Waals surface area contributed by atoms with Gasteiger partial charge in [-0.1, -0.05) is 23.9 Å². The normalized spacial score (nSPS) is 17.2. The molecule has 0 atom stereocenters. The molecular formula is C22H29N5O2S. The molecule has 7 nitrogen and oxygen atoms in total. The minimum Gasteiger partial charge on any atom is -0.352 e. The first-order valence-corrected chi connectivity index (χ1v) is 11.5. The molecule has 1 aromatic carbocycles. The molecule has 0 unspecified atom stereocenters. The average Bonchev–Trinajstić information content (AvgIpc) is 3.42. The van der Waals surface area contributed by atoms with Gasteiger partial charge in [0, 0.05) is 44.6 Å². The Kier molecular flexibility index (Phi) is 6.43. The third-order valence-electron chi connectivity index (χ3n) is 5.80. The van der Waals surface area contributed by atoms with E-state index in [4.69, 9.17) is 0 Å². The molecule has 1 saturated heterocycles. The summed E-state index contributed by atoms with van der Waals surface area (Å²) in [4.78, 5) is 33.2. The monoisotopic (exact) mass is 427 g/mol. The molecule has 0 spiro atoms. The van der Waals surface area contributed by atoms with Crippen LogP contribution in [0.4, 0.5) is 0 Å². The first-order valence-electron chi connectivity index (χ1n) is 10.5. The molecule has 2 aliphatic rings. The van der Waals surface area contributed by atoms with E-state index in [1.54, 1.807) is 6.20 Å². The van der Waals surface area contributed by atoms with Crippen LogP contribution in [0.15, 0.2) is 35.7 Å². The van der Waals surface area contributed by atoms with Gasteiger partial charge in [-0.25, -0.2) is 4.98 Å². The smallest absolute Gasteiger partial charge is 0.234 e. The van der Waals surface area contributed by atoms with Crippen LogP contribution in [0.5, 0.6) is 0 Å². The fourth-order valence-corrected chi connectivity index (χ4v) is 4.52. The van der Waals surface area contributed by atoms with E-state index in [-0.39, 0.29) is 11.8 Å². The zero-order chi connectivity index (χ0) is 21.1. The van der Waals surface area contributed by atoms with E-state index >= 15 is 0 Å². The highest BCUT2D eigenvalue weighted by atomic mass is 32.2. The lowest BCUT2D eigenvalue weighted by molar-refractivity contribution is -0.130. The number of imidazole rings is 1. The van der Waals surface area contributed by atoms with Gasteiger partial charge in [0.1, 0.15) is 0 Å². The molecule has 0 bridgehead atoms. The number of aromatic nitrogens is 2. The van der Waals surface area contributed by atoms with Crippen LogP contribution in [0.1, 0.15) is 24.0 Å². The third kappa shape index (κ3) is 5.05. The maximum absolute atomic E-state index is 12.7. The zero-order valence-electron chi connectivity index (χ0n) is 17.6. The van der Waals surface area contributed by atoms with Crippen molar-refractivity contribution in [1.29, 1.82) is 0 Å². The van der Waals surface area contributed by atoms with Gasteiger partial charge < -0.3 is 10.2 Å². The van der Waals surface area contributed by atoms with E-state index in [0.717, 1.165) is 36.8 Å². The van der Waals surface area contributed by atoms with Crippen molar-refractivity contribution < 1.29 is 9.59 Å². The number of hydrogen-bond acceptors (Lipinski definition) is 5. The number of aryl methyl sites for hydroxylation is 1. The molecule has 1 aliphatic heterocycles. The molecule has 30 heavy (non-hydrogen) atoms. The summed E-state index contributed by atoms with van der Waals surface area (Å²) in [7, 11) is 0. The van der Waals surface area contributed by atoms with Crippen LogP contribution in [0, 0.1) is 13.8 Å². The summed E-state index contributed by atoms with van der Waals surface area (Å²) >= 11 is 1.47. The number of carbonyl (C=O) groups is 2. The van der Waals surface area contributed by atoms with E-state index in [1.807, 2.05) is 17.2 Å². The van der Waals surface area contributed by atoms with Crippen LogP contribution in [-0.2, 0) is 9.59 Å². The molecule has 2 heterocycles. The van der Waals surface area contributed by atoms with Gasteiger partial charge in [0.05, 0.1) is 18.0 Å². The lowest BCUT2D eigenvalue weighted by Gasteiger charge is -2.34. The van der Waals surface area contributed by atoms with Crippen LogP contribution in [0.2, 0.25) is 0 Å². The lowest BCUT2D eigenvalue weighted by Crippen LogP contribution is -2.51. The number of rotatable bonds is 7. The van der Waals surface area contributed by atoms with Crippen molar-refractivity contribution in [2.24, 2.45) is 0 Å². The van der Waals surface area contributed by atoms with E-state index in [1.165, 1.54) is 22.9 Å². The summed E-state index contributed by atoms with van der Waals surface area (Å²) in [6.45, 7) is 7.46. The molecule has 2 fully saturated rings. The van der Waals surface area contributed by atoms with Crippen molar-refractivity contribution in [2.75, 3.05) is 38.5 Å². The molecule has 1 N–H and O–H groups in total. The third-order valence-corrected chi connectivity index (χ3v) is 6.75. The van der Waals surface area contributed by atoms with Crippen LogP contribution in [-0.4, -0.2) is 75.7 Å². The molecule has 160 valence electrons. The number of amides is 2. The Labute approximate surface area is 181 Å². The second-order valence-corrected chi connectivity index (χ2v) is 9.03. The van der Waals surface area contributed by atoms with Gasteiger partial charge in [-0.3, -0.25) is 19.1 Å². The van der Waals surface area contributed by atoms with E-state index in [0.29, 0.717) is 31.4 Å². The number of piperazine rings is 1. The summed E-state index contributed by atoms with van der Waals surface area (Å²) in [6, 6.07) is 6.62. The molecule has 4 rings (SSSR count). The van der Waals surface area contributed by atoms with Crippen molar-refractivity contribution in [3.63, 3.8) is 0 Å². The van der Waals surface area contributed by atoms with Gasteiger partial charge in [0.2, 0.25) is 11.8 Å². The van der Waals surface area contributed by atoms with Gasteiger partial charge >= 0.3 is 0 Å². The highest BCUT2D eigenvalue weighted by Gasteiger charge is 2.26. The van der Waals surface area contributed by atoms with Crippen LogP contribution in [0.3, 0.4) is 0 Å². The number of hydrogen-bond donors (Lipinski definition) is 1. The highest BCUT2D eigenvalue weighted by molar-refractivity contribution is 7.99. The topological polar surface area (TPSA) is 70.5 Å². The van der Waals surface area contributed by atoms with Gasteiger partial charge in [-0.05, 0) is 43.9 Å². The van der Waals surface area contributed by atoms with Gasteiger partial charge in [0.15, 0.2) is 5.16 Å². The van der Waals surface area contributed by atoms with Gasteiger partial charge in [-0.15, -0.1) is 0 Å². The summed E-state index contributed by atoms with van der Waals surface area (Å²) < 4.78 is 2.05. The fourth-order valence-electron chi connectivity index (χ4n) is 3.65. The number of carbonyl (C=O) groups excluding carboxylic acids is 2. The minimum absolute atomic E-state index is 0.103. The first kappa shape index (κ1) is 20.9. The van der Waals surface area contributed by atoms with E-state index in [2.05, 4.69) is 45.7 Å². The molecule has 0 radical (unpaired) electrons. The van der Waals surface area contributed by atoms with Crippen LogP contribution < -0.4 is 5.32 Å². The van der Waals surface area contributed by atoms with Gasteiger partial charge in [0.25, 0.3) is 0 Å². The Morgan fingerprint density at radius 1 is 1.17 bits per heavy atom. The van der Waals surface area contributed by atoms with Crippen LogP contribution >= 0.6 is 11.8 Å². The SMILES string of the molecule is Cc1cccc(-n2ccnc2SCC(=O)N2CCN(CC(=O)NC3CC3)CC2)c1C. The maximum Gasteiger partial charge on any atom is 0.234 e. The van der Waals surface area contributed by atoms with Crippen LogP contribution in [0.25, 0.3) is 5.69 Å². The largest absolute Gasteiger partial charge is 0.352 e. The van der Waals surface area contributed by atoms with Crippen molar-refractivity contribution in [3.8, 4) is 5.69 Å². The Balaban J connectivity index is 1.27. The molecular weight excluding hydrogens is 398 g/mol. The standard InChI is InChI=1S/C22H29N5O2S/c1-16-4-3-5-19(17(16)2)27-9-8-23-22(27)30-15-21(29)26-12-10-25(11-13-26)14-20(28)24-18-6-7-18/h3-5,8-9,18H,6-7,10-15H2,1-2H3,(H,24,28). The lowest BCUT2D eigenvalue weighted by atomic mass is 10.1. The van der Waals surface area contributed by atoms with Crippen molar-refractivity contribution in [1.82, 2.24) is 24.7 Å². The highest BCUT2D eigenvalue weighted by Crippen LogP contribution is 2.24. The summed E-state index contributed by atoms with van der Waals surface area (Å²) in [5.41, 5.74) is 3.54. The van der Waals surface area contributed by atoms with Gasteiger partial charge in [-0.2, -0.15) is 0 Å². The summed E-state index contributed by atoms with van der Waals surface area (Å²) in [5, 5.41) is 3.85. The second-order valence-electron chi connectivity index (χ2n) is 8.09. The number of nitrogens with one attached hydrogen (secondary N) is 1. The molecule has 2 amide bonds. The predicted molar refractivity (Wildman–Crippen MR) is 118 cm³/mol. The summed E-state index contributed by atoms with van der Waals surface area (Å²) in [6.07, 6.45) is 5.93. The maximum atomic E-state index is 12.7. The molecule has 1 aromatic heterocycles. The number of benzene rings is 1. The first-order chi connectivity index (χ1) is 14.5. The van der Waals surface area contributed by atoms with E-state index < -0.39 is 0 Å². The zero-order valence-corrected chi connectivity index (χ0v) is 18.5. The fraction of sp³-hybridized carbons (Fsp3) is 0.500. The second kappa shape index (κ2) is 9.22. The van der Waals surface area contributed by atoms with Crippen molar-refractivity contribution >= 4 is 23.6 Å². The molecule has 1 aliphatic carbocycles. The number of nitrogens with zero attached hydrogens (tertiary/aromatic N) is 4. The van der Waals surface area contributed by atoms with E-state index in [9.17, 15) is 9.59 Å². The summed E-state index contributed by atoms with van der Waals surface area (Å²) in [5.74, 6) is 0.591. The Hall–Kier alpha value is -2.32. The van der Waals surface area contributed by atoms with Crippen molar-refractivity contribution in [2.45, 2.75) is 37.9 Å². The Morgan fingerprint density at radius 3 is 2.67 bits per heavy atom. The predicted octanol–water partition coefficient (Wildman–Crippen LogP) is 2.00. The Bertz CT molecular complexity index is 916. The quantitative estimate of drug-likeness (QED) is 0.685.